The van der Waals surface area contributed by atoms with Gasteiger partial charge in [-0.25, -0.2) is 8.42 Å². The highest BCUT2D eigenvalue weighted by Crippen LogP contribution is 2.30. The molecule has 0 fully saturated rings. The quantitative estimate of drug-likeness (QED) is 0.862. The average Bonchev–Trinajstić information content (AvgIpc) is 2.91. The molecule has 0 saturated carbocycles. The van der Waals surface area contributed by atoms with Crippen molar-refractivity contribution in [2.75, 3.05) is 11.8 Å². The Morgan fingerprint density at radius 1 is 1.30 bits per heavy atom. The van der Waals surface area contributed by atoms with Crippen LogP contribution >= 0.6 is 27.3 Å². The van der Waals surface area contributed by atoms with E-state index in [1.54, 1.807) is 24.3 Å². The van der Waals surface area contributed by atoms with Gasteiger partial charge in [-0.2, -0.15) is 0 Å². The molecular weight excluding hydrogens is 362 g/mol. The van der Waals surface area contributed by atoms with E-state index in [0.29, 0.717) is 20.1 Å². The number of sulfonamides is 1. The van der Waals surface area contributed by atoms with Crippen LogP contribution < -0.4 is 9.46 Å². The Labute approximate surface area is 131 Å². The average molecular weight is 376 g/mol. The molecule has 0 bridgehead atoms. The smallest absolute Gasteiger partial charge is 0.271 e. The van der Waals surface area contributed by atoms with Gasteiger partial charge in [-0.05, 0) is 46.6 Å². The van der Waals surface area contributed by atoms with E-state index in [9.17, 15) is 8.42 Å². The second-order valence-electron chi connectivity index (χ2n) is 4.03. The monoisotopic (exact) mass is 375 g/mol. The summed E-state index contributed by atoms with van der Waals surface area (Å²) in [6, 6.07) is 8.58. The highest BCUT2D eigenvalue weighted by Gasteiger charge is 2.18. The van der Waals surface area contributed by atoms with E-state index >= 15 is 0 Å². The third-order valence-corrected chi connectivity index (χ3v) is 6.45. The number of nitrogens with one attached hydrogen (secondary N) is 1. The number of benzene rings is 1. The van der Waals surface area contributed by atoms with Gasteiger partial charge in [0.1, 0.15) is 9.96 Å². The molecule has 0 aliphatic carbocycles. The van der Waals surface area contributed by atoms with Crippen LogP contribution in [0.4, 0.5) is 5.69 Å². The first kappa shape index (κ1) is 15.3. The third-order valence-electron chi connectivity index (χ3n) is 2.67. The molecule has 1 aromatic carbocycles. The van der Waals surface area contributed by atoms with E-state index in [0.717, 1.165) is 11.3 Å². The number of ether oxygens (including phenoxy) is 1. The molecule has 0 radical (unpaired) electrons. The maximum atomic E-state index is 12.3. The topological polar surface area (TPSA) is 55.4 Å². The molecule has 2 rings (SSSR count). The zero-order valence-corrected chi connectivity index (χ0v) is 14.2. The molecule has 0 atom stereocenters. The fraction of sp³-hybridized carbons (Fsp3) is 0.231. The molecule has 0 saturated heterocycles. The standard InChI is InChI=1S/C13H14BrNO3S2/c1-3-10-5-7-13(19-10)20(16,17)15-12-8-9(18-2)4-6-11(12)14/h4-8,15H,3H2,1-2H3. The molecule has 2 aromatic rings. The summed E-state index contributed by atoms with van der Waals surface area (Å²) in [5, 5.41) is 0. The molecule has 0 unspecified atom stereocenters. The van der Waals surface area contributed by atoms with E-state index < -0.39 is 10.0 Å². The van der Waals surface area contributed by atoms with Crippen LogP contribution in [0.1, 0.15) is 11.8 Å². The molecule has 108 valence electrons. The lowest BCUT2D eigenvalue weighted by Crippen LogP contribution is -2.11. The Hall–Kier alpha value is -1.05. The first-order chi connectivity index (χ1) is 9.46. The van der Waals surface area contributed by atoms with Gasteiger partial charge in [0.25, 0.3) is 10.0 Å². The number of aryl methyl sites for hydroxylation is 1. The molecule has 1 N–H and O–H groups in total. The second kappa shape index (κ2) is 6.15. The van der Waals surface area contributed by atoms with Crippen LogP contribution in [0.3, 0.4) is 0 Å². The molecule has 0 amide bonds. The Morgan fingerprint density at radius 2 is 2.05 bits per heavy atom. The summed E-state index contributed by atoms with van der Waals surface area (Å²) in [5.41, 5.74) is 0.454. The fourth-order valence-electron chi connectivity index (χ4n) is 1.60. The first-order valence-electron chi connectivity index (χ1n) is 5.91. The van der Waals surface area contributed by atoms with Crippen LogP contribution in [0.15, 0.2) is 39.0 Å². The molecule has 4 nitrogen and oxygen atoms in total. The molecular formula is C13H14BrNO3S2. The van der Waals surface area contributed by atoms with Crippen LogP contribution in [-0.2, 0) is 16.4 Å². The minimum atomic E-state index is -3.57. The first-order valence-corrected chi connectivity index (χ1v) is 9.00. The van der Waals surface area contributed by atoms with E-state index in [2.05, 4.69) is 20.7 Å². The maximum absolute atomic E-state index is 12.3. The minimum absolute atomic E-state index is 0.309. The molecule has 0 aliphatic rings. The van der Waals surface area contributed by atoms with Crippen molar-refractivity contribution < 1.29 is 13.2 Å². The van der Waals surface area contributed by atoms with Crippen molar-refractivity contribution in [1.29, 1.82) is 0 Å². The number of hydrogen-bond acceptors (Lipinski definition) is 4. The van der Waals surface area contributed by atoms with Crippen LogP contribution in [-0.4, -0.2) is 15.5 Å². The lowest BCUT2D eigenvalue weighted by atomic mass is 10.3. The van der Waals surface area contributed by atoms with Crippen LogP contribution in [0.25, 0.3) is 0 Å². The van der Waals surface area contributed by atoms with Gasteiger partial charge in [0.15, 0.2) is 0 Å². The van der Waals surface area contributed by atoms with Crippen molar-refractivity contribution in [3.63, 3.8) is 0 Å². The van der Waals surface area contributed by atoms with Crippen molar-refractivity contribution in [1.82, 2.24) is 0 Å². The van der Waals surface area contributed by atoms with Gasteiger partial charge >= 0.3 is 0 Å². The van der Waals surface area contributed by atoms with Crippen molar-refractivity contribution >= 4 is 43.0 Å². The Bertz CT molecular complexity index is 710. The van der Waals surface area contributed by atoms with Crippen molar-refractivity contribution in [2.45, 2.75) is 17.6 Å². The maximum Gasteiger partial charge on any atom is 0.271 e. The molecule has 7 heteroatoms. The summed E-state index contributed by atoms with van der Waals surface area (Å²) < 4.78 is 33.3. The van der Waals surface area contributed by atoms with Gasteiger partial charge in [0.05, 0.1) is 12.8 Å². The molecule has 1 heterocycles. The van der Waals surface area contributed by atoms with Gasteiger partial charge in [-0.1, -0.05) is 6.92 Å². The highest BCUT2D eigenvalue weighted by molar-refractivity contribution is 9.10. The van der Waals surface area contributed by atoms with E-state index in [1.807, 2.05) is 13.0 Å². The number of thiophene rings is 1. The predicted molar refractivity (Wildman–Crippen MR) is 85.2 cm³/mol. The van der Waals surface area contributed by atoms with E-state index in [1.165, 1.54) is 18.4 Å². The van der Waals surface area contributed by atoms with E-state index in [4.69, 9.17) is 4.74 Å². The minimum Gasteiger partial charge on any atom is -0.497 e. The zero-order chi connectivity index (χ0) is 14.8. The fourth-order valence-corrected chi connectivity index (χ4v) is 4.44. The molecule has 20 heavy (non-hydrogen) atoms. The summed E-state index contributed by atoms with van der Waals surface area (Å²) in [6.45, 7) is 1.99. The molecule has 0 spiro atoms. The number of halogens is 1. The lowest BCUT2D eigenvalue weighted by Gasteiger charge is -2.10. The summed E-state index contributed by atoms with van der Waals surface area (Å²) in [5.74, 6) is 0.589. The summed E-state index contributed by atoms with van der Waals surface area (Å²) >= 11 is 4.60. The molecule has 1 aromatic heterocycles. The van der Waals surface area contributed by atoms with Crippen LogP contribution in [0.5, 0.6) is 5.75 Å². The normalized spacial score (nSPS) is 11.3. The Balaban J connectivity index is 2.32. The van der Waals surface area contributed by atoms with Crippen molar-refractivity contribution in [3.8, 4) is 5.75 Å². The van der Waals surface area contributed by atoms with Crippen LogP contribution in [0, 0.1) is 0 Å². The van der Waals surface area contributed by atoms with Crippen molar-refractivity contribution in [2.24, 2.45) is 0 Å². The summed E-state index contributed by atoms with van der Waals surface area (Å²) in [6.07, 6.45) is 0.822. The van der Waals surface area contributed by atoms with Gasteiger partial charge in [0, 0.05) is 15.4 Å². The van der Waals surface area contributed by atoms with E-state index in [-0.39, 0.29) is 0 Å². The van der Waals surface area contributed by atoms with Gasteiger partial charge in [-0.15, -0.1) is 11.3 Å². The molecule has 0 aliphatic heterocycles. The lowest BCUT2D eigenvalue weighted by molar-refractivity contribution is 0.415. The van der Waals surface area contributed by atoms with Gasteiger partial charge in [-0.3, -0.25) is 4.72 Å². The third kappa shape index (κ3) is 3.34. The van der Waals surface area contributed by atoms with Gasteiger partial charge < -0.3 is 4.74 Å². The van der Waals surface area contributed by atoms with Gasteiger partial charge in [0.2, 0.25) is 0 Å². The van der Waals surface area contributed by atoms with Crippen LogP contribution in [0.2, 0.25) is 0 Å². The number of anilines is 1. The number of hydrogen-bond donors (Lipinski definition) is 1. The largest absolute Gasteiger partial charge is 0.497 e. The Kier molecular flexibility index (Phi) is 4.72. The predicted octanol–water partition coefficient (Wildman–Crippen LogP) is 3.88. The Morgan fingerprint density at radius 3 is 2.65 bits per heavy atom. The highest BCUT2D eigenvalue weighted by atomic mass is 79.9. The number of methoxy groups -OCH3 is 1. The summed E-state index contributed by atoms with van der Waals surface area (Å²) in [4.78, 5) is 1.04. The second-order valence-corrected chi connectivity index (χ2v) is 7.96. The zero-order valence-electron chi connectivity index (χ0n) is 11.0. The summed E-state index contributed by atoms with van der Waals surface area (Å²) in [7, 11) is -2.03. The number of rotatable bonds is 5. The van der Waals surface area contributed by atoms with Crippen molar-refractivity contribution in [3.05, 3.63) is 39.7 Å². The SMILES string of the molecule is CCc1ccc(S(=O)(=O)Nc2cc(OC)ccc2Br)s1.